The molecule has 128 valence electrons. The molecule has 1 amide bonds. The van der Waals surface area contributed by atoms with E-state index in [0.717, 1.165) is 0 Å². The lowest BCUT2D eigenvalue weighted by Gasteiger charge is -2.30. The number of para-hydroxylation sites is 2. The summed E-state index contributed by atoms with van der Waals surface area (Å²) >= 11 is 0. The van der Waals surface area contributed by atoms with Crippen molar-refractivity contribution in [1.82, 2.24) is 4.90 Å². The number of furan rings is 1. The SMILES string of the molecule is O=C(C1COc2ccccc2O1)N(Cc1ccco1)CC(F)(F)F. The number of alkyl halides is 3. The van der Waals surface area contributed by atoms with E-state index in [-0.39, 0.29) is 18.9 Å². The van der Waals surface area contributed by atoms with Crippen LogP contribution in [0.1, 0.15) is 5.76 Å². The van der Waals surface area contributed by atoms with E-state index in [2.05, 4.69) is 0 Å². The summed E-state index contributed by atoms with van der Waals surface area (Å²) in [5, 5.41) is 0. The number of carbonyl (C=O) groups excluding carboxylic acids is 1. The van der Waals surface area contributed by atoms with Crippen LogP contribution < -0.4 is 9.47 Å². The summed E-state index contributed by atoms with van der Waals surface area (Å²) in [5.41, 5.74) is 0. The standard InChI is InChI=1S/C16H14F3NO4/c17-16(18,19)10-20(8-11-4-3-7-22-11)15(21)14-9-23-12-5-1-2-6-13(12)24-14/h1-7,14H,8-10H2. The van der Waals surface area contributed by atoms with Gasteiger partial charge in [-0.1, -0.05) is 12.1 Å². The molecule has 0 aliphatic carbocycles. The fourth-order valence-corrected chi connectivity index (χ4v) is 2.36. The Morgan fingerprint density at radius 2 is 1.92 bits per heavy atom. The van der Waals surface area contributed by atoms with Gasteiger partial charge in [0.15, 0.2) is 11.5 Å². The summed E-state index contributed by atoms with van der Waals surface area (Å²) in [5.74, 6) is 0.227. The van der Waals surface area contributed by atoms with Crippen LogP contribution in [0.15, 0.2) is 47.1 Å². The highest BCUT2D eigenvalue weighted by Gasteiger charge is 2.38. The van der Waals surface area contributed by atoms with Gasteiger partial charge < -0.3 is 18.8 Å². The highest BCUT2D eigenvalue weighted by molar-refractivity contribution is 5.82. The Morgan fingerprint density at radius 1 is 1.17 bits per heavy atom. The Hall–Kier alpha value is -2.64. The van der Waals surface area contributed by atoms with E-state index in [4.69, 9.17) is 13.9 Å². The molecule has 0 spiro atoms. The third-order valence-electron chi connectivity index (χ3n) is 3.39. The van der Waals surface area contributed by atoms with Gasteiger partial charge in [-0.2, -0.15) is 13.2 Å². The van der Waals surface area contributed by atoms with E-state index < -0.39 is 24.7 Å². The predicted octanol–water partition coefficient (Wildman–Crippen LogP) is 3.01. The normalized spacial score (nSPS) is 16.7. The van der Waals surface area contributed by atoms with Crippen LogP contribution >= 0.6 is 0 Å². The molecule has 0 bridgehead atoms. The van der Waals surface area contributed by atoms with Crippen LogP contribution in [0.2, 0.25) is 0 Å². The molecule has 5 nitrogen and oxygen atoms in total. The second kappa shape index (κ2) is 6.46. The molecule has 8 heteroatoms. The average molecular weight is 341 g/mol. The van der Waals surface area contributed by atoms with Crippen LogP contribution in [-0.2, 0) is 11.3 Å². The minimum Gasteiger partial charge on any atom is -0.485 e. The molecule has 1 aromatic carbocycles. The van der Waals surface area contributed by atoms with Crippen LogP contribution in [0.4, 0.5) is 13.2 Å². The first-order valence-electron chi connectivity index (χ1n) is 7.19. The minimum atomic E-state index is -4.53. The van der Waals surface area contributed by atoms with Crippen molar-refractivity contribution in [3.05, 3.63) is 48.4 Å². The number of hydrogen-bond donors (Lipinski definition) is 0. The molecule has 0 N–H and O–H groups in total. The fraction of sp³-hybridized carbons (Fsp3) is 0.312. The number of fused-ring (bicyclic) bond motifs is 1. The molecule has 0 saturated carbocycles. The van der Waals surface area contributed by atoms with Gasteiger partial charge in [-0.05, 0) is 24.3 Å². The Balaban J connectivity index is 1.76. The second-order valence-electron chi connectivity index (χ2n) is 5.25. The number of rotatable bonds is 4. The van der Waals surface area contributed by atoms with E-state index in [0.29, 0.717) is 16.4 Å². The molecule has 3 rings (SSSR count). The molecule has 1 aliphatic heterocycles. The molecule has 0 fully saturated rings. The number of amides is 1. The van der Waals surface area contributed by atoms with Gasteiger partial charge in [0.2, 0.25) is 6.10 Å². The van der Waals surface area contributed by atoms with Gasteiger partial charge in [-0.15, -0.1) is 0 Å². The first-order valence-corrected chi connectivity index (χ1v) is 7.19. The van der Waals surface area contributed by atoms with Gasteiger partial charge in [0.1, 0.15) is 18.9 Å². The van der Waals surface area contributed by atoms with Crippen LogP contribution in [-0.4, -0.2) is 36.2 Å². The van der Waals surface area contributed by atoms with Crippen LogP contribution in [0.3, 0.4) is 0 Å². The average Bonchev–Trinajstić information content (AvgIpc) is 3.05. The van der Waals surface area contributed by atoms with E-state index in [1.807, 2.05) is 0 Å². The maximum Gasteiger partial charge on any atom is 0.406 e. The van der Waals surface area contributed by atoms with Crippen molar-refractivity contribution in [2.24, 2.45) is 0 Å². The Morgan fingerprint density at radius 3 is 2.58 bits per heavy atom. The van der Waals surface area contributed by atoms with Crippen molar-refractivity contribution < 1.29 is 31.9 Å². The van der Waals surface area contributed by atoms with Crippen LogP contribution in [0, 0.1) is 0 Å². The van der Waals surface area contributed by atoms with Crippen LogP contribution in [0.25, 0.3) is 0 Å². The van der Waals surface area contributed by atoms with Crippen molar-refractivity contribution >= 4 is 5.91 Å². The van der Waals surface area contributed by atoms with Gasteiger partial charge in [0, 0.05) is 0 Å². The quantitative estimate of drug-likeness (QED) is 0.858. The number of carbonyl (C=O) groups is 1. The third-order valence-corrected chi connectivity index (χ3v) is 3.39. The first kappa shape index (κ1) is 16.2. The fourth-order valence-electron chi connectivity index (χ4n) is 2.36. The smallest absolute Gasteiger partial charge is 0.406 e. The van der Waals surface area contributed by atoms with Crippen molar-refractivity contribution in [2.45, 2.75) is 18.8 Å². The van der Waals surface area contributed by atoms with Crippen molar-refractivity contribution in [2.75, 3.05) is 13.2 Å². The molecular weight excluding hydrogens is 327 g/mol. The molecule has 0 saturated heterocycles. The lowest BCUT2D eigenvalue weighted by Crippen LogP contribution is -2.48. The molecule has 1 atom stereocenters. The molecule has 2 heterocycles. The Bertz CT molecular complexity index is 700. The second-order valence-corrected chi connectivity index (χ2v) is 5.25. The van der Waals surface area contributed by atoms with E-state index in [1.54, 1.807) is 30.3 Å². The zero-order valence-electron chi connectivity index (χ0n) is 12.5. The van der Waals surface area contributed by atoms with Gasteiger partial charge in [-0.25, -0.2) is 0 Å². The topological polar surface area (TPSA) is 51.9 Å². The minimum absolute atomic E-state index is 0.150. The van der Waals surface area contributed by atoms with Gasteiger partial charge in [0.05, 0.1) is 12.8 Å². The van der Waals surface area contributed by atoms with Gasteiger partial charge in [-0.3, -0.25) is 4.79 Å². The summed E-state index contributed by atoms with van der Waals surface area (Å²) in [6, 6.07) is 9.72. The zero-order valence-corrected chi connectivity index (χ0v) is 12.5. The van der Waals surface area contributed by atoms with E-state index in [9.17, 15) is 18.0 Å². The zero-order chi connectivity index (χ0) is 17.2. The van der Waals surface area contributed by atoms with Gasteiger partial charge >= 0.3 is 6.18 Å². The number of hydrogen-bond acceptors (Lipinski definition) is 4. The van der Waals surface area contributed by atoms with Crippen molar-refractivity contribution in [3.8, 4) is 11.5 Å². The summed E-state index contributed by atoms with van der Waals surface area (Å²) in [4.78, 5) is 13.1. The largest absolute Gasteiger partial charge is 0.485 e. The molecule has 1 aliphatic rings. The molecule has 1 unspecified atom stereocenters. The monoisotopic (exact) mass is 341 g/mol. The summed E-state index contributed by atoms with van der Waals surface area (Å²) in [6.07, 6.45) is -4.34. The maximum absolute atomic E-state index is 12.8. The van der Waals surface area contributed by atoms with Crippen molar-refractivity contribution in [3.63, 3.8) is 0 Å². The molecule has 2 aromatic rings. The molecule has 24 heavy (non-hydrogen) atoms. The molecule has 1 aromatic heterocycles. The molecule has 0 radical (unpaired) electrons. The highest BCUT2D eigenvalue weighted by Crippen LogP contribution is 2.31. The number of halogens is 3. The Labute approximate surface area is 135 Å². The molecular formula is C16H14F3NO4. The first-order chi connectivity index (χ1) is 11.4. The predicted molar refractivity (Wildman–Crippen MR) is 76.5 cm³/mol. The Kier molecular flexibility index (Phi) is 4.37. The summed E-state index contributed by atoms with van der Waals surface area (Å²) in [7, 11) is 0. The maximum atomic E-state index is 12.8. The lowest BCUT2D eigenvalue weighted by atomic mass is 10.2. The summed E-state index contributed by atoms with van der Waals surface area (Å²) < 4.78 is 54.3. The van der Waals surface area contributed by atoms with Gasteiger partial charge in [0.25, 0.3) is 5.91 Å². The lowest BCUT2D eigenvalue weighted by molar-refractivity contribution is -0.168. The highest BCUT2D eigenvalue weighted by atomic mass is 19.4. The van der Waals surface area contributed by atoms with E-state index >= 15 is 0 Å². The number of benzene rings is 1. The third kappa shape index (κ3) is 3.81. The van der Waals surface area contributed by atoms with Crippen LogP contribution in [0.5, 0.6) is 11.5 Å². The number of nitrogens with zero attached hydrogens (tertiary/aromatic N) is 1. The number of ether oxygens (including phenoxy) is 2. The van der Waals surface area contributed by atoms with Crippen molar-refractivity contribution in [1.29, 1.82) is 0 Å². The summed E-state index contributed by atoms with van der Waals surface area (Å²) in [6.45, 7) is -1.84. The van der Waals surface area contributed by atoms with E-state index in [1.165, 1.54) is 12.3 Å².